The summed E-state index contributed by atoms with van der Waals surface area (Å²) in [5.41, 5.74) is -0.364. The van der Waals surface area contributed by atoms with Crippen molar-refractivity contribution in [1.82, 2.24) is 5.06 Å². The first-order valence-electron chi connectivity index (χ1n) is 6.77. The summed E-state index contributed by atoms with van der Waals surface area (Å²) in [4.78, 5) is 0. The van der Waals surface area contributed by atoms with E-state index in [1.54, 1.807) is 0 Å². The van der Waals surface area contributed by atoms with Crippen molar-refractivity contribution in [3.05, 3.63) is 0 Å². The third-order valence-corrected chi connectivity index (χ3v) is 3.89. The smallest absolute Gasteiger partial charge is 0.0446 e. The van der Waals surface area contributed by atoms with Gasteiger partial charge in [0.05, 0.1) is 0 Å². The number of hydrogen-bond donors (Lipinski definition) is 0. The van der Waals surface area contributed by atoms with Crippen LogP contribution in [-0.4, -0.2) is 16.1 Å². The molecule has 1 heterocycles. The first-order valence-corrected chi connectivity index (χ1v) is 6.77. The Balaban J connectivity index is 2.57. The van der Waals surface area contributed by atoms with Crippen molar-refractivity contribution >= 4 is 0 Å². The van der Waals surface area contributed by atoms with Crippen LogP contribution in [0.15, 0.2) is 0 Å². The summed E-state index contributed by atoms with van der Waals surface area (Å²) in [7, 11) is 0. The van der Waals surface area contributed by atoms with Crippen LogP contribution >= 0.6 is 0 Å². The molecule has 0 aromatic heterocycles. The van der Waals surface area contributed by atoms with Crippen molar-refractivity contribution in [1.29, 1.82) is 0 Å². The summed E-state index contributed by atoms with van der Waals surface area (Å²) in [6.07, 6.45) is 7.36. The molecule has 0 amide bonds. The maximum absolute atomic E-state index is 12.2. The van der Waals surface area contributed by atoms with Gasteiger partial charge in [-0.05, 0) is 46.5 Å². The Morgan fingerprint density at radius 2 is 1.56 bits per heavy atom. The largest absolute Gasteiger partial charge is 0.144 e. The second-order valence-electron chi connectivity index (χ2n) is 6.69. The lowest BCUT2D eigenvalue weighted by Crippen LogP contribution is -2.58. The Bertz CT molecular complexity index is 205. The molecule has 0 unspecified atom stereocenters. The van der Waals surface area contributed by atoms with Gasteiger partial charge >= 0.3 is 0 Å². The van der Waals surface area contributed by atoms with Gasteiger partial charge in [0.25, 0.3) is 0 Å². The van der Waals surface area contributed by atoms with Gasteiger partial charge in [0.15, 0.2) is 0 Å². The third kappa shape index (κ3) is 3.21. The maximum atomic E-state index is 12.2. The molecule has 1 aliphatic rings. The van der Waals surface area contributed by atoms with Gasteiger partial charge in [-0.2, -0.15) is 0 Å². The molecule has 0 saturated carbocycles. The molecular weight excluding hydrogens is 198 g/mol. The highest BCUT2D eigenvalue weighted by Crippen LogP contribution is 2.41. The Kier molecular flexibility index (Phi) is 4.42. The lowest BCUT2D eigenvalue weighted by molar-refractivity contribution is -0.294. The van der Waals surface area contributed by atoms with Gasteiger partial charge in [0.2, 0.25) is 0 Å². The molecule has 0 N–H and O–H groups in total. The van der Waals surface area contributed by atoms with Crippen LogP contribution in [0.4, 0.5) is 0 Å². The second kappa shape index (κ2) is 5.05. The fraction of sp³-hybridized carbons (Fsp3) is 1.00. The van der Waals surface area contributed by atoms with Crippen LogP contribution in [-0.2, 0) is 5.21 Å². The van der Waals surface area contributed by atoms with E-state index in [0.29, 0.717) is 0 Å². The van der Waals surface area contributed by atoms with Crippen LogP contribution < -0.4 is 0 Å². The lowest BCUT2D eigenvalue weighted by Gasteiger charge is -2.50. The maximum Gasteiger partial charge on any atom is 0.0446 e. The van der Waals surface area contributed by atoms with Crippen LogP contribution in [0.1, 0.15) is 73.1 Å². The Labute approximate surface area is 101 Å². The summed E-state index contributed by atoms with van der Waals surface area (Å²) in [5.74, 6) is 0.738. The van der Waals surface area contributed by atoms with Crippen LogP contribution in [0, 0.1) is 5.92 Å². The minimum atomic E-state index is -0.182. The minimum absolute atomic E-state index is 0.182. The highest BCUT2D eigenvalue weighted by atomic mass is 16.5. The monoisotopic (exact) mass is 226 g/mol. The molecule has 1 fully saturated rings. The van der Waals surface area contributed by atoms with E-state index in [0.717, 1.165) is 18.8 Å². The Morgan fingerprint density at radius 1 is 1.06 bits per heavy atom. The van der Waals surface area contributed by atoms with Gasteiger partial charge in [0.1, 0.15) is 0 Å². The predicted molar refractivity (Wildman–Crippen MR) is 67.5 cm³/mol. The zero-order valence-electron chi connectivity index (χ0n) is 11.7. The number of nitrogens with zero attached hydrogens (tertiary/aromatic N) is 1. The topological polar surface area (TPSA) is 23.1 Å². The predicted octanol–water partition coefficient (Wildman–Crippen LogP) is 4.18. The molecule has 1 aliphatic heterocycles. The van der Waals surface area contributed by atoms with E-state index in [1.165, 1.54) is 30.7 Å². The number of unbranched alkanes of at least 4 members (excludes halogenated alkanes) is 2. The molecule has 0 aromatic carbocycles. The van der Waals surface area contributed by atoms with Crippen molar-refractivity contribution in [2.24, 2.45) is 5.92 Å². The van der Waals surface area contributed by atoms with E-state index >= 15 is 0 Å². The molecule has 0 aliphatic carbocycles. The van der Waals surface area contributed by atoms with Crippen LogP contribution in [0.5, 0.6) is 0 Å². The van der Waals surface area contributed by atoms with Crippen LogP contribution in [0.3, 0.4) is 0 Å². The first-order chi connectivity index (χ1) is 7.29. The molecular formula is C14H28NO. The molecule has 95 valence electrons. The number of rotatable bonds is 4. The van der Waals surface area contributed by atoms with Gasteiger partial charge in [-0.25, -0.2) is 0 Å². The second-order valence-corrected chi connectivity index (χ2v) is 6.69. The third-order valence-electron chi connectivity index (χ3n) is 3.89. The van der Waals surface area contributed by atoms with E-state index in [-0.39, 0.29) is 11.1 Å². The number of hydrogen-bond acceptors (Lipinski definition) is 1. The zero-order valence-corrected chi connectivity index (χ0v) is 11.7. The highest BCUT2D eigenvalue weighted by Gasteiger charge is 2.45. The molecule has 0 bridgehead atoms. The molecule has 1 saturated heterocycles. The van der Waals surface area contributed by atoms with E-state index in [2.05, 4.69) is 34.6 Å². The molecule has 16 heavy (non-hydrogen) atoms. The fourth-order valence-corrected chi connectivity index (χ4v) is 3.36. The van der Waals surface area contributed by atoms with E-state index in [1.807, 2.05) is 0 Å². The minimum Gasteiger partial charge on any atom is -0.144 e. The van der Waals surface area contributed by atoms with Gasteiger partial charge in [-0.15, -0.1) is 10.3 Å². The van der Waals surface area contributed by atoms with Crippen LogP contribution in [0.2, 0.25) is 0 Å². The average Bonchev–Trinajstić information content (AvgIpc) is 2.14. The fourth-order valence-electron chi connectivity index (χ4n) is 3.36. The SMILES string of the molecule is CCCCCC1CC(C)(C)N([O])C(C)(C)C1. The van der Waals surface area contributed by atoms with E-state index < -0.39 is 0 Å². The van der Waals surface area contributed by atoms with Crippen molar-refractivity contribution in [3.63, 3.8) is 0 Å². The van der Waals surface area contributed by atoms with Crippen molar-refractivity contribution < 1.29 is 5.21 Å². The molecule has 2 nitrogen and oxygen atoms in total. The van der Waals surface area contributed by atoms with Gasteiger partial charge in [0, 0.05) is 11.1 Å². The summed E-state index contributed by atoms with van der Waals surface area (Å²) in [6, 6.07) is 0. The normalized spacial score (nSPS) is 25.9. The highest BCUT2D eigenvalue weighted by molar-refractivity contribution is 4.95. The number of piperidine rings is 1. The molecule has 0 aromatic rings. The lowest BCUT2D eigenvalue weighted by atomic mass is 9.73. The van der Waals surface area contributed by atoms with Crippen molar-refractivity contribution in [2.45, 2.75) is 84.2 Å². The van der Waals surface area contributed by atoms with E-state index in [4.69, 9.17) is 0 Å². The van der Waals surface area contributed by atoms with Gasteiger partial charge < -0.3 is 0 Å². The molecule has 1 radical (unpaired) electrons. The standard InChI is InChI=1S/C14H28NO/c1-6-7-8-9-12-10-13(2,3)15(16)14(4,5)11-12/h12H,6-11H2,1-5H3. The summed E-state index contributed by atoms with van der Waals surface area (Å²) < 4.78 is 0. The molecule has 0 atom stereocenters. The quantitative estimate of drug-likeness (QED) is 0.659. The zero-order chi connectivity index (χ0) is 12.4. The van der Waals surface area contributed by atoms with Gasteiger partial charge in [-0.3, -0.25) is 0 Å². The Hall–Kier alpha value is -0.0800. The Morgan fingerprint density at radius 3 is 2.00 bits per heavy atom. The van der Waals surface area contributed by atoms with Crippen molar-refractivity contribution in [2.75, 3.05) is 0 Å². The average molecular weight is 226 g/mol. The van der Waals surface area contributed by atoms with E-state index in [9.17, 15) is 5.21 Å². The number of hydroxylamine groups is 2. The molecule has 0 spiro atoms. The summed E-state index contributed by atoms with van der Waals surface area (Å²) in [6.45, 7) is 10.6. The summed E-state index contributed by atoms with van der Waals surface area (Å²) in [5, 5.41) is 13.5. The molecule has 1 rings (SSSR count). The van der Waals surface area contributed by atoms with Crippen LogP contribution in [0.25, 0.3) is 0 Å². The van der Waals surface area contributed by atoms with Crippen molar-refractivity contribution in [3.8, 4) is 0 Å². The van der Waals surface area contributed by atoms with Gasteiger partial charge in [-0.1, -0.05) is 32.6 Å². The first kappa shape index (κ1) is 14.0. The molecule has 2 heteroatoms. The summed E-state index contributed by atoms with van der Waals surface area (Å²) >= 11 is 0.